The maximum Gasteiger partial charge on any atom is 0.0674 e. The highest BCUT2D eigenvalue weighted by Crippen LogP contribution is 2.30. The van der Waals surface area contributed by atoms with Crippen LogP contribution in [-0.2, 0) is 0 Å². The second-order valence-electron chi connectivity index (χ2n) is 4.01. The third kappa shape index (κ3) is 2.97. The van der Waals surface area contributed by atoms with Crippen molar-refractivity contribution in [3.05, 3.63) is 56.2 Å². The molecule has 1 N–H and O–H groups in total. The summed E-state index contributed by atoms with van der Waals surface area (Å²) in [5.41, 5.74) is 2.67. The molecule has 0 saturated carbocycles. The van der Waals surface area contributed by atoms with Crippen LogP contribution in [0.25, 0.3) is 0 Å². The molecular weight excluding hydrogens is 294 g/mol. The summed E-state index contributed by atoms with van der Waals surface area (Å²) >= 11 is 5.36. The first-order valence-corrected chi connectivity index (χ1v) is 7.42. The van der Waals surface area contributed by atoms with Gasteiger partial charge in [0.15, 0.2) is 0 Å². The Morgan fingerprint density at radius 3 is 2.76 bits per heavy atom. The number of hydrogen-bond acceptors (Lipinski definition) is 2. The molecular formula is C14H16BrNS. The van der Waals surface area contributed by atoms with E-state index in [0.29, 0.717) is 6.04 Å². The quantitative estimate of drug-likeness (QED) is 0.875. The molecule has 0 aliphatic heterocycles. The van der Waals surface area contributed by atoms with Gasteiger partial charge in [-0.3, -0.25) is 0 Å². The molecule has 0 bridgehead atoms. The van der Waals surface area contributed by atoms with Crippen molar-refractivity contribution in [2.24, 2.45) is 0 Å². The van der Waals surface area contributed by atoms with Gasteiger partial charge in [0.2, 0.25) is 0 Å². The van der Waals surface area contributed by atoms with E-state index in [0.717, 1.165) is 11.0 Å². The second kappa shape index (κ2) is 5.80. The van der Waals surface area contributed by atoms with E-state index in [9.17, 15) is 0 Å². The number of benzene rings is 1. The van der Waals surface area contributed by atoms with Gasteiger partial charge in [-0.15, -0.1) is 11.3 Å². The van der Waals surface area contributed by atoms with Crippen LogP contribution < -0.4 is 5.32 Å². The average Bonchev–Trinajstić information content (AvgIpc) is 2.72. The van der Waals surface area contributed by atoms with Crippen LogP contribution in [-0.4, -0.2) is 6.54 Å². The summed E-state index contributed by atoms with van der Waals surface area (Å²) in [6.45, 7) is 5.29. The Bertz CT molecular complexity index is 492. The van der Waals surface area contributed by atoms with E-state index in [-0.39, 0.29) is 0 Å². The van der Waals surface area contributed by atoms with E-state index >= 15 is 0 Å². The largest absolute Gasteiger partial charge is 0.306 e. The van der Waals surface area contributed by atoms with Crippen LogP contribution in [0.3, 0.4) is 0 Å². The van der Waals surface area contributed by atoms with Crippen molar-refractivity contribution >= 4 is 27.3 Å². The second-order valence-corrected chi connectivity index (χ2v) is 5.88. The Balaban J connectivity index is 2.39. The predicted molar refractivity (Wildman–Crippen MR) is 78.7 cm³/mol. The fourth-order valence-electron chi connectivity index (χ4n) is 1.93. The van der Waals surface area contributed by atoms with E-state index in [1.165, 1.54) is 16.0 Å². The van der Waals surface area contributed by atoms with Gasteiger partial charge in [0.25, 0.3) is 0 Å². The number of nitrogens with one attached hydrogen (secondary N) is 1. The Morgan fingerprint density at radius 1 is 1.35 bits per heavy atom. The van der Waals surface area contributed by atoms with Crippen LogP contribution in [0, 0.1) is 6.92 Å². The minimum Gasteiger partial charge on any atom is -0.306 e. The van der Waals surface area contributed by atoms with Crippen molar-refractivity contribution in [2.75, 3.05) is 6.54 Å². The molecule has 1 aromatic heterocycles. The van der Waals surface area contributed by atoms with E-state index < -0.39 is 0 Å². The molecule has 0 fully saturated rings. The first-order chi connectivity index (χ1) is 8.22. The summed E-state index contributed by atoms with van der Waals surface area (Å²) in [5, 5.41) is 5.72. The molecule has 1 atom stereocenters. The van der Waals surface area contributed by atoms with E-state index in [1.807, 2.05) is 11.3 Å². The molecule has 2 rings (SSSR count). The lowest BCUT2D eigenvalue weighted by Crippen LogP contribution is -2.21. The monoisotopic (exact) mass is 309 g/mol. The topological polar surface area (TPSA) is 12.0 Å². The zero-order valence-corrected chi connectivity index (χ0v) is 12.4. The molecule has 0 aliphatic carbocycles. The van der Waals surface area contributed by atoms with Crippen LogP contribution in [0.2, 0.25) is 0 Å². The highest BCUT2D eigenvalue weighted by atomic mass is 79.9. The summed E-state index contributed by atoms with van der Waals surface area (Å²) < 4.78 is 1.13. The smallest absolute Gasteiger partial charge is 0.0674 e. The van der Waals surface area contributed by atoms with Crippen LogP contribution in [0.4, 0.5) is 0 Å². The number of rotatable bonds is 4. The minimum atomic E-state index is 0.303. The summed E-state index contributed by atoms with van der Waals surface area (Å²) in [6.07, 6.45) is 0. The van der Waals surface area contributed by atoms with Gasteiger partial charge in [-0.1, -0.05) is 35.0 Å². The van der Waals surface area contributed by atoms with Crippen molar-refractivity contribution in [1.29, 1.82) is 0 Å². The molecule has 3 heteroatoms. The summed E-state index contributed by atoms with van der Waals surface area (Å²) in [4.78, 5) is 1.41. The lowest BCUT2D eigenvalue weighted by Gasteiger charge is -2.18. The molecule has 0 radical (unpaired) electrons. The number of hydrogen-bond donors (Lipinski definition) is 1. The molecule has 1 nitrogen and oxygen atoms in total. The molecule has 1 aromatic carbocycles. The van der Waals surface area contributed by atoms with E-state index in [2.05, 4.69) is 70.8 Å². The Kier molecular flexibility index (Phi) is 4.37. The highest BCUT2D eigenvalue weighted by Gasteiger charge is 2.16. The molecule has 0 amide bonds. The maximum absolute atomic E-state index is 3.56. The van der Waals surface area contributed by atoms with Gasteiger partial charge in [-0.25, -0.2) is 0 Å². The zero-order chi connectivity index (χ0) is 12.3. The fourth-order valence-corrected chi connectivity index (χ4v) is 3.38. The normalized spacial score (nSPS) is 12.6. The first kappa shape index (κ1) is 12.8. The number of thiophene rings is 1. The van der Waals surface area contributed by atoms with Crippen molar-refractivity contribution in [2.45, 2.75) is 19.9 Å². The molecule has 0 aliphatic rings. The van der Waals surface area contributed by atoms with Gasteiger partial charge in [-0.2, -0.15) is 0 Å². The van der Waals surface area contributed by atoms with Gasteiger partial charge < -0.3 is 5.32 Å². The van der Waals surface area contributed by atoms with Crippen LogP contribution in [0.5, 0.6) is 0 Å². The van der Waals surface area contributed by atoms with Crippen molar-refractivity contribution < 1.29 is 0 Å². The Labute approximate surface area is 115 Å². The first-order valence-electron chi connectivity index (χ1n) is 5.75. The molecule has 0 saturated heterocycles. The predicted octanol–water partition coefficient (Wildman–Crippen LogP) is 4.52. The van der Waals surface area contributed by atoms with Gasteiger partial charge in [0, 0.05) is 9.35 Å². The van der Waals surface area contributed by atoms with Crippen molar-refractivity contribution in [3.63, 3.8) is 0 Å². The average molecular weight is 310 g/mol. The lowest BCUT2D eigenvalue weighted by atomic mass is 10.0. The van der Waals surface area contributed by atoms with Gasteiger partial charge in [0.1, 0.15) is 0 Å². The summed E-state index contributed by atoms with van der Waals surface area (Å²) in [7, 11) is 0. The fraction of sp³-hybridized carbons (Fsp3) is 0.286. The molecule has 17 heavy (non-hydrogen) atoms. The number of aryl methyl sites for hydroxylation is 1. The minimum absolute atomic E-state index is 0.303. The number of halogens is 1. The molecule has 1 heterocycles. The van der Waals surface area contributed by atoms with Crippen LogP contribution >= 0.6 is 27.3 Å². The summed E-state index contributed by atoms with van der Waals surface area (Å²) in [5.74, 6) is 0. The highest BCUT2D eigenvalue weighted by molar-refractivity contribution is 9.10. The molecule has 2 aromatic rings. The molecule has 1 unspecified atom stereocenters. The maximum atomic E-state index is 3.56. The zero-order valence-electron chi connectivity index (χ0n) is 10.0. The summed E-state index contributed by atoms with van der Waals surface area (Å²) in [6, 6.07) is 11.0. The van der Waals surface area contributed by atoms with Crippen molar-refractivity contribution in [1.82, 2.24) is 5.32 Å². The third-order valence-corrected chi connectivity index (χ3v) is 4.33. The van der Waals surface area contributed by atoms with Crippen LogP contribution in [0.1, 0.15) is 29.0 Å². The van der Waals surface area contributed by atoms with Gasteiger partial charge in [0.05, 0.1) is 6.04 Å². The van der Waals surface area contributed by atoms with Crippen molar-refractivity contribution in [3.8, 4) is 0 Å². The van der Waals surface area contributed by atoms with E-state index in [1.54, 1.807) is 0 Å². The van der Waals surface area contributed by atoms with E-state index in [4.69, 9.17) is 0 Å². The molecule has 0 spiro atoms. The lowest BCUT2D eigenvalue weighted by molar-refractivity contribution is 0.637. The third-order valence-electron chi connectivity index (χ3n) is 2.75. The molecule has 90 valence electrons. The Morgan fingerprint density at radius 2 is 2.18 bits per heavy atom. The SMILES string of the molecule is CCNC(c1cccc(Br)c1)c1sccc1C. The van der Waals surface area contributed by atoms with Gasteiger partial charge >= 0.3 is 0 Å². The van der Waals surface area contributed by atoms with Gasteiger partial charge in [-0.05, 0) is 48.2 Å². The van der Waals surface area contributed by atoms with Crippen LogP contribution in [0.15, 0.2) is 40.2 Å². The standard InChI is InChI=1S/C14H16BrNS/c1-3-16-13(14-10(2)7-8-17-14)11-5-4-6-12(15)9-11/h4-9,13,16H,3H2,1-2H3. The Hall–Kier alpha value is -0.640.